The largest absolute Gasteiger partial charge is 0.397 e. The Morgan fingerprint density at radius 2 is 2.25 bits per heavy atom. The van der Waals surface area contributed by atoms with Crippen molar-refractivity contribution in [1.82, 2.24) is 15.2 Å². The lowest BCUT2D eigenvalue weighted by atomic mass is 10.1. The first-order valence-corrected chi connectivity index (χ1v) is 6.85. The Bertz CT molecular complexity index is 689. The molecule has 1 aromatic heterocycles. The molecule has 6 nitrogen and oxygen atoms in total. The number of nitrogens with one attached hydrogen (secondary N) is 1. The number of nitrogens with zero attached hydrogens (tertiary/aromatic N) is 3. The number of hydrogen-bond donors (Lipinski definition) is 2. The van der Waals surface area contributed by atoms with Crippen LogP contribution in [0.1, 0.15) is 40.8 Å². The van der Waals surface area contributed by atoms with Gasteiger partial charge in [0.05, 0.1) is 11.4 Å². The lowest BCUT2D eigenvalue weighted by Crippen LogP contribution is -2.30. The van der Waals surface area contributed by atoms with E-state index in [-0.39, 0.29) is 11.7 Å². The second-order valence-electron chi connectivity index (χ2n) is 5.38. The van der Waals surface area contributed by atoms with E-state index in [0.29, 0.717) is 18.2 Å². The molecule has 1 amide bonds. The Kier molecular flexibility index (Phi) is 2.33. The molecule has 0 atom stereocenters. The minimum atomic E-state index is -0.176. The van der Waals surface area contributed by atoms with E-state index in [0.717, 1.165) is 36.3 Å². The molecule has 2 aromatic rings. The summed E-state index contributed by atoms with van der Waals surface area (Å²) in [6.07, 6.45) is 3.08. The van der Waals surface area contributed by atoms with Crippen LogP contribution in [-0.4, -0.2) is 27.6 Å². The summed E-state index contributed by atoms with van der Waals surface area (Å²) in [5, 5.41) is 6.93. The molecular formula is C14H15N5O. The first kappa shape index (κ1) is 11.5. The van der Waals surface area contributed by atoms with E-state index in [4.69, 9.17) is 5.73 Å². The fourth-order valence-electron chi connectivity index (χ4n) is 2.72. The number of fused-ring (bicyclic) bond motifs is 1. The Hall–Kier alpha value is -2.37. The van der Waals surface area contributed by atoms with Gasteiger partial charge in [-0.3, -0.25) is 9.89 Å². The number of rotatable bonds is 2. The van der Waals surface area contributed by atoms with Crippen LogP contribution in [-0.2, 0) is 6.42 Å². The standard InChI is InChI=1S/C14H15N5O/c15-10-3-1-2-8-6-7-19(11(8)10)14(20)13-16-12(17-18-13)9-4-5-9/h1-3,9H,4-7,15H2,(H,16,17,18). The second kappa shape index (κ2) is 4.06. The van der Waals surface area contributed by atoms with Crippen molar-refractivity contribution in [3.05, 3.63) is 35.4 Å². The maximum absolute atomic E-state index is 12.5. The molecule has 1 aliphatic heterocycles. The number of amides is 1. The molecule has 1 aromatic carbocycles. The van der Waals surface area contributed by atoms with Crippen molar-refractivity contribution in [2.45, 2.75) is 25.2 Å². The van der Waals surface area contributed by atoms with E-state index in [1.54, 1.807) is 4.90 Å². The average molecular weight is 269 g/mol. The molecule has 1 aliphatic carbocycles. The number of hydrogen-bond acceptors (Lipinski definition) is 4. The number of para-hydroxylation sites is 1. The monoisotopic (exact) mass is 269 g/mol. The number of aromatic amines is 1. The molecule has 2 aliphatic rings. The van der Waals surface area contributed by atoms with Crippen LogP contribution in [0.4, 0.5) is 11.4 Å². The zero-order chi connectivity index (χ0) is 13.7. The van der Waals surface area contributed by atoms with Gasteiger partial charge in [-0.1, -0.05) is 12.1 Å². The molecule has 3 N–H and O–H groups in total. The van der Waals surface area contributed by atoms with E-state index in [1.165, 1.54) is 0 Å². The quantitative estimate of drug-likeness (QED) is 0.808. The summed E-state index contributed by atoms with van der Waals surface area (Å²) in [4.78, 5) is 18.5. The zero-order valence-corrected chi connectivity index (χ0v) is 11.0. The summed E-state index contributed by atoms with van der Waals surface area (Å²) >= 11 is 0. The first-order valence-electron chi connectivity index (χ1n) is 6.85. The molecule has 0 radical (unpaired) electrons. The summed E-state index contributed by atoms with van der Waals surface area (Å²) in [6.45, 7) is 0.635. The summed E-state index contributed by atoms with van der Waals surface area (Å²) in [5.41, 5.74) is 8.55. The zero-order valence-electron chi connectivity index (χ0n) is 11.0. The first-order chi connectivity index (χ1) is 9.74. The van der Waals surface area contributed by atoms with Crippen molar-refractivity contribution in [1.29, 1.82) is 0 Å². The molecule has 20 heavy (non-hydrogen) atoms. The summed E-state index contributed by atoms with van der Waals surface area (Å²) < 4.78 is 0. The van der Waals surface area contributed by atoms with Gasteiger partial charge >= 0.3 is 0 Å². The number of H-pyrrole nitrogens is 1. The van der Waals surface area contributed by atoms with Gasteiger partial charge in [-0.2, -0.15) is 0 Å². The highest BCUT2D eigenvalue weighted by molar-refractivity contribution is 6.06. The van der Waals surface area contributed by atoms with Crippen LogP contribution in [0.5, 0.6) is 0 Å². The number of nitrogen functional groups attached to an aromatic ring is 1. The molecule has 0 saturated heterocycles. The summed E-state index contributed by atoms with van der Waals surface area (Å²) in [6, 6.07) is 5.74. The van der Waals surface area contributed by atoms with Gasteiger partial charge < -0.3 is 10.6 Å². The molecule has 1 saturated carbocycles. The molecular weight excluding hydrogens is 254 g/mol. The molecule has 2 heterocycles. The van der Waals surface area contributed by atoms with E-state index in [9.17, 15) is 4.79 Å². The van der Waals surface area contributed by atoms with Gasteiger partial charge in [-0.15, -0.1) is 5.10 Å². The van der Waals surface area contributed by atoms with Crippen molar-refractivity contribution >= 4 is 17.3 Å². The van der Waals surface area contributed by atoms with Crippen LogP contribution >= 0.6 is 0 Å². The minimum Gasteiger partial charge on any atom is -0.397 e. The third-order valence-corrected chi connectivity index (χ3v) is 3.93. The highest BCUT2D eigenvalue weighted by Crippen LogP contribution is 2.38. The summed E-state index contributed by atoms with van der Waals surface area (Å²) in [7, 11) is 0. The number of nitrogens with two attached hydrogens (primary N) is 1. The summed E-state index contributed by atoms with van der Waals surface area (Å²) in [5.74, 6) is 1.35. The van der Waals surface area contributed by atoms with Crippen molar-refractivity contribution < 1.29 is 4.79 Å². The third-order valence-electron chi connectivity index (χ3n) is 3.93. The van der Waals surface area contributed by atoms with Crippen LogP contribution in [0, 0.1) is 0 Å². The maximum atomic E-state index is 12.5. The van der Waals surface area contributed by atoms with E-state index in [2.05, 4.69) is 15.2 Å². The van der Waals surface area contributed by atoms with Crippen molar-refractivity contribution in [2.24, 2.45) is 0 Å². The molecule has 6 heteroatoms. The van der Waals surface area contributed by atoms with Crippen LogP contribution in [0.3, 0.4) is 0 Å². The highest BCUT2D eigenvalue weighted by atomic mass is 16.2. The van der Waals surface area contributed by atoms with Crippen LogP contribution in [0.25, 0.3) is 0 Å². The Morgan fingerprint density at radius 3 is 3.05 bits per heavy atom. The number of aromatic nitrogens is 3. The number of carbonyl (C=O) groups is 1. The number of anilines is 2. The van der Waals surface area contributed by atoms with Gasteiger partial charge in [0.15, 0.2) is 0 Å². The Morgan fingerprint density at radius 1 is 1.40 bits per heavy atom. The smallest absolute Gasteiger partial charge is 0.298 e. The number of benzene rings is 1. The minimum absolute atomic E-state index is 0.176. The van der Waals surface area contributed by atoms with Crippen LogP contribution in [0.15, 0.2) is 18.2 Å². The van der Waals surface area contributed by atoms with E-state index in [1.807, 2.05) is 18.2 Å². The van der Waals surface area contributed by atoms with Crippen molar-refractivity contribution in [2.75, 3.05) is 17.2 Å². The lowest BCUT2D eigenvalue weighted by molar-refractivity contribution is 0.0980. The molecule has 4 rings (SSSR count). The predicted octanol–water partition coefficient (Wildman–Crippen LogP) is 1.47. The van der Waals surface area contributed by atoms with Gasteiger partial charge in [0, 0.05) is 12.5 Å². The van der Waals surface area contributed by atoms with Gasteiger partial charge in [-0.05, 0) is 30.9 Å². The highest BCUT2D eigenvalue weighted by Gasteiger charge is 2.32. The molecule has 1 fully saturated rings. The Balaban J connectivity index is 1.66. The van der Waals surface area contributed by atoms with Crippen LogP contribution < -0.4 is 10.6 Å². The second-order valence-corrected chi connectivity index (χ2v) is 5.38. The van der Waals surface area contributed by atoms with Crippen LogP contribution in [0.2, 0.25) is 0 Å². The maximum Gasteiger partial charge on any atom is 0.298 e. The van der Waals surface area contributed by atoms with Gasteiger partial charge in [0.2, 0.25) is 5.82 Å². The topological polar surface area (TPSA) is 87.9 Å². The van der Waals surface area contributed by atoms with Gasteiger partial charge in [-0.25, -0.2) is 4.98 Å². The Labute approximate surface area is 116 Å². The third kappa shape index (κ3) is 1.68. The van der Waals surface area contributed by atoms with E-state index < -0.39 is 0 Å². The number of carbonyl (C=O) groups excluding carboxylic acids is 1. The molecule has 0 bridgehead atoms. The van der Waals surface area contributed by atoms with Gasteiger partial charge in [0.25, 0.3) is 5.91 Å². The molecule has 0 unspecified atom stereocenters. The van der Waals surface area contributed by atoms with E-state index >= 15 is 0 Å². The lowest BCUT2D eigenvalue weighted by Gasteiger charge is -2.17. The average Bonchev–Trinajstić information content (AvgIpc) is 3.03. The fraction of sp³-hybridized carbons (Fsp3) is 0.357. The fourth-order valence-corrected chi connectivity index (χ4v) is 2.72. The van der Waals surface area contributed by atoms with Crippen molar-refractivity contribution in [3.8, 4) is 0 Å². The molecule has 102 valence electrons. The normalized spacial score (nSPS) is 17.3. The van der Waals surface area contributed by atoms with Gasteiger partial charge in [0.1, 0.15) is 5.82 Å². The predicted molar refractivity (Wildman–Crippen MR) is 74.6 cm³/mol. The SMILES string of the molecule is Nc1cccc2c1N(C(=O)c1n[nH]c(C3CC3)n1)CC2. The van der Waals surface area contributed by atoms with Crippen molar-refractivity contribution in [3.63, 3.8) is 0 Å². The molecule has 0 spiro atoms.